The molecule has 0 radical (unpaired) electrons. The molecule has 0 aromatic heterocycles. The first-order valence-electron chi connectivity index (χ1n) is 7.32. The van der Waals surface area contributed by atoms with Crippen molar-refractivity contribution >= 4 is 28.1 Å². The molecule has 1 atom stereocenters. The van der Waals surface area contributed by atoms with Crippen LogP contribution in [0.4, 0.5) is 5.69 Å². The first-order chi connectivity index (χ1) is 10.9. The smallest absolute Gasteiger partial charge is 0.264 e. The van der Waals surface area contributed by atoms with Crippen molar-refractivity contribution in [3.63, 3.8) is 0 Å². The SMILES string of the molecule is Cc1ccc(S(=O)(=O)N2c3ccccc3C=C(C=O)[C@H]2C)cc1. The Bertz CT molecular complexity index is 883. The van der Waals surface area contributed by atoms with Crippen LogP contribution in [-0.4, -0.2) is 20.7 Å². The van der Waals surface area contributed by atoms with Gasteiger partial charge in [0.05, 0.1) is 16.6 Å². The van der Waals surface area contributed by atoms with Crippen LogP contribution < -0.4 is 4.31 Å². The van der Waals surface area contributed by atoms with Crippen molar-refractivity contribution < 1.29 is 13.2 Å². The molecule has 0 spiro atoms. The van der Waals surface area contributed by atoms with Crippen molar-refractivity contribution in [1.82, 2.24) is 0 Å². The number of carbonyl (C=O) groups excluding carboxylic acids is 1. The van der Waals surface area contributed by atoms with Gasteiger partial charge in [-0.3, -0.25) is 9.10 Å². The van der Waals surface area contributed by atoms with Gasteiger partial charge < -0.3 is 0 Å². The molecule has 5 heteroatoms. The van der Waals surface area contributed by atoms with Crippen molar-refractivity contribution in [1.29, 1.82) is 0 Å². The van der Waals surface area contributed by atoms with Crippen LogP contribution >= 0.6 is 0 Å². The molecular formula is C18H17NO3S. The molecule has 0 aliphatic carbocycles. The summed E-state index contributed by atoms with van der Waals surface area (Å²) in [6.07, 6.45) is 2.46. The number of anilines is 1. The van der Waals surface area contributed by atoms with E-state index in [4.69, 9.17) is 0 Å². The molecule has 1 aliphatic heterocycles. The zero-order valence-corrected chi connectivity index (χ0v) is 13.7. The molecular weight excluding hydrogens is 310 g/mol. The first-order valence-corrected chi connectivity index (χ1v) is 8.76. The number of hydrogen-bond donors (Lipinski definition) is 0. The Balaban J connectivity index is 2.19. The fraction of sp³-hybridized carbons (Fsp3) is 0.167. The zero-order chi connectivity index (χ0) is 16.6. The highest BCUT2D eigenvalue weighted by Crippen LogP contribution is 2.36. The van der Waals surface area contributed by atoms with Crippen LogP contribution in [0.3, 0.4) is 0 Å². The number of aryl methyl sites for hydroxylation is 1. The second-order valence-electron chi connectivity index (χ2n) is 5.61. The summed E-state index contributed by atoms with van der Waals surface area (Å²) in [6, 6.07) is 13.4. The predicted molar refractivity (Wildman–Crippen MR) is 90.8 cm³/mol. The summed E-state index contributed by atoms with van der Waals surface area (Å²) in [5.41, 5.74) is 2.75. The summed E-state index contributed by atoms with van der Waals surface area (Å²) in [5, 5.41) is 0. The van der Waals surface area contributed by atoms with Gasteiger partial charge in [0, 0.05) is 5.57 Å². The fourth-order valence-electron chi connectivity index (χ4n) is 2.75. The molecule has 0 unspecified atom stereocenters. The summed E-state index contributed by atoms with van der Waals surface area (Å²) in [6.45, 7) is 3.63. The molecule has 0 amide bonds. The molecule has 4 nitrogen and oxygen atoms in total. The average molecular weight is 327 g/mol. The van der Waals surface area contributed by atoms with Gasteiger partial charge in [0.1, 0.15) is 6.29 Å². The number of aldehydes is 1. The predicted octanol–water partition coefficient (Wildman–Crippen LogP) is 3.17. The molecule has 23 heavy (non-hydrogen) atoms. The molecule has 2 aromatic rings. The van der Waals surface area contributed by atoms with Gasteiger partial charge in [0.15, 0.2) is 0 Å². The third-order valence-electron chi connectivity index (χ3n) is 4.04. The van der Waals surface area contributed by atoms with Crippen molar-refractivity contribution in [2.45, 2.75) is 24.8 Å². The molecule has 0 saturated carbocycles. The highest BCUT2D eigenvalue weighted by atomic mass is 32.2. The summed E-state index contributed by atoms with van der Waals surface area (Å²) in [5.74, 6) is 0. The normalized spacial score (nSPS) is 17.4. The van der Waals surface area contributed by atoms with Crippen molar-refractivity contribution in [2.75, 3.05) is 4.31 Å². The van der Waals surface area contributed by atoms with Gasteiger partial charge >= 0.3 is 0 Å². The number of para-hydroxylation sites is 1. The van der Waals surface area contributed by atoms with Gasteiger partial charge in [-0.25, -0.2) is 8.42 Å². The van der Waals surface area contributed by atoms with E-state index < -0.39 is 16.1 Å². The standard InChI is InChI=1S/C18H17NO3S/c1-13-7-9-17(10-8-13)23(21,22)19-14(2)16(12-20)11-15-5-3-4-6-18(15)19/h3-12,14H,1-2H3/t14-/m1/s1. The molecule has 1 heterocycles. The van der Waals surface area contributed by atoms with Crippen LogP contribution in [0.5, 0.6) is 0 Å². The Kier molecular flexibility index (Phi) is 3.82. The van der Waals surface area contributed by atoms with Gasteiger partial charge in [-0.15, -0.1) is 0 Å². The number of hydrogen-bond acceptors (Lipinski definition) is 3. The van der Waals surface area contributed by atoms with Crippen molar-refractivity contribution in [3.8, 4) is 0 Å². The molecule has 118 valence electrons. The first kappa shape index (κ1) is 15.5. The highest BCUT2D eigenvalue weighted by molar-refractivity contribution is 7.92. The quantitative estimate of drug-likeness (QED) is 0.814. The van der Waals surface area contributed by atoms with E-state index in [-0.39, 0.29) is 4.90 Å². The van der Waals surface area contributed by atoms with E-state index in [1.165, 1.54) is 4.31 Å². The molecule has 0 N–H and O–H groups in total. The lowest BCUT2D eigenvalue weighted by Gasteiger charge is -2.34. The minimum atomic E-state index is -3.75. The lowest BCUT2D eigenvalue weighted by atomic mass is 10.00. The van der Waals surface area contributed by atoms with E-state index >= 15 is 0 Å². The Labute approximate surface area is 136 Å². The largest absolute Gasteiger partial charge is 0.298 e. The van der Waals surface area contributed by atoms with Gasteiger partial charge in [0.2, 0.25) is 0 Å². The molecule has 0 bridgehead atoms. The summed E-state index contributed by atoms with van der Waals surface area (Å²) in [7, 11) is -3.75. The van der Waals surface area contributed by atoms with Gasteiger partial charge in [-0.05, 0) is 43.7 Å². The molecule has 0 saturated heterocycles. The third kappa shape index (κ3) is 2.57. The Morgan fingerprint density at radius 3 is 2.35 bits per heavy atom. The van der Waals surface area contributed by atoms with Crippen molar-refractivity contribution in [3.05, 3.63) is 65.2 Å². The average Bonchev–Trinajstić information content (AvgIpc) is 2.54. The molecule has 1 aliphatic rings. The van der Waals surface area contributed by atoms with E-state index in [9.17, 15) is 13.2 Å². The van der Waals surface area contributed by atoms with E-state index in [0.717, 1.165) is 17.4 Å². The lowest BCUT2D eigenvalue weighted by molar-refractivity contribution is -0.105. The molecule has 2 aromatic carbocycles. The zero-order valence-electron chi connectivity index (χ0n) is 12.9. The Morgan fingerprint density at radius 1 is 1.04 bits per heavy atom. The lowest BCUT2D eigenvalue weighted by Crippen LogP contribution is -2.42. The molecule has 0 fully saturated rings. The summed E-state index contributed by atoms with van der Waals surface area (Å²) in [4.78, 5) is 11.6. The highest BCUT2D eigenvalue weighted by Gasteiger charge is 2.34. The van der Waals surface area contributed by atoms with Crippen LogP contribution in [0.2, 0.25) is 0 Å². The topological polar surface area (TPSA) is 54.5 Å². The third-order valence-corrected chi connectivity index (χ3v) is 5.94. The number of fused-ring (bicyclic) bond motifs is 1. The van der Waals surface area contributed by atoms with Crippen molar-refractivity contribution in [2.24, 2.45) is 0 Å². The second-order valence-corrected chi connectivity index (χ2v) is 7.43. The number of nitrogens with zero attached hydrogens (tertiary/aromatic N) is 1. The molecule has 3 rings (SSSR count). The maximum Gasteiger partial charge on any atom is 0.264 e. The van der Waals surface area contributed by atoms with E-state index in [1.807, 2.05) is 19.1 Å². The van der Waals surface area contributed by atoms with E-state index in [2.05, 4.69) is 0 Å². The monoisotopic (exact) mass is 327 g/mol. The van der Waals surface area contributed by atoms with Gasteiger partial charge in [-0.2, -0.15) is 0 Å². The second kappa shape index (κ2) is 5.66. The maximum absolute atomic E-state index is 13.1. The van der Waals surface area contributed by atoms with Crippen LogP contribution in [-0.2, 0) is 14.8 Å². The van der Waals surface area contributed by atoms with Crippen LogP contribution in [0.1, 0.15) is 18.1 Å². The van der Waals surface area contributed by atoms with Gasteiger partial charge in [-0.1, -0.05) is 35.9 Å². The van der Waals surface area contributed by atoms with E-state index in [0.29, 0.717) is 11.3 Å². The Hall–Kier alpha value is -2.40. The van der Waals surface area contributed by atoms with Crippen LogP contribution in [0, 0.1) is 6.92 Å². The minimum absolute atomic E-state index is 0.219. The van der Waals surface area contributed by atoms with E-state index in [1.54, 1.807) is 49.4 Å². The number of benzene rings is 2. The number of rotatable bonds is 3. The van der Waals surface area contributed by atoms with Crippen LogP contribution in [0.15, 0.2) is 59.0 Å². The number of sulfonamides is 1. The fourth-order valence-corrected chi connectivity index (χ4v) is 4.42. The Morgan fingerprint density at radius 2 is 1.70 bits per heavy atom. The minimum Gasteiger partial charge on any atom is -0.298 e. The summed E-state index contributed by atoms with van der Waals surface area (Å²) < 4.78 is 27.6. The van der Waals surface area contributed by atoms with Gasteiger partial charge in [0.25, 0.3) is 10.0 Å². The maximum atomic E-state index is 13.1. The summed E-state index contributed by atoms with van der Waals surface area (Å²) >= 11 is 0. The number of carbonyl (C=O) groups is 1. The van der Waals surface area contributed by atoms with Crippen LogP contribution in [0.25, 0.3) is 6.08 Å².